The van der Waals surface area contributed by atoms with Gasteiger partial charge in [0.1, 0.15) is 5.82 Å². The smallest absolute Gasteiger partial charge is 0.127 e. The standard InChI is InChI=1S/C12H13BrClF/c13-11(8-1-2-8)6-4-9-3-5-10(14)7-12(9)15/h3,5,7-8,11H,1-2,4,6H2. The summed E-state index contributed by atoms with van der Waals surface area (Å²) in [7, 11) is 0. The molecule has 1 saturated carbocycles. The summed E-state index contributed by atoms with van der Waals surface area (Å²) in [4.78, 5) is 0.549. The van der Waals surface area contributed by atoms with Crippen LogP contribution in [0.2, 0.25) is 5.02 Å². The molecule has 0 radical (unpaired) electrons. The quantitative estimate of drug-likeness (QED) is 0.712. The first-order valence-electron chi connectivity index (χ1n) is 5.25. The van der Waals surface area contributed by atoms with Crippen LogP contribution in [-0.2, 0) is 6.42 Å². The van der Waals surface area contributed by atoms with Gasteiger partial charge in [-0.2, -0.15) is 0 Å². The Morgan fingerprint density at radius 1 is 1.47 bits per heavy atom. The predicted molar refractivity (Wildman–Crippen MR) is 65.2 cm³/mol. The van der Waals surface area contributed by atoms with Crippen LogP contribution in [0.15, 0.2) is 18.2 Å². The maximum atomic E-state index is 13.4. The zero-order valence-electron chi connectivity index (χ0n) is 8.35. The molecule has 0 aliphatic heterocycles. The van der Waals surface area contributed by atoms with E-state index in [1.54, 1.807) is 12.1 Å². The zero-order valence-corrected chi connectivity index (χ0v) is 10.7. The second-order valence-corrected chi connectivity index (χ2v) is 5.74. The minimum Gasteiger partial charge on any atom is -0.207 e. The van der Waals surface area contributed by atoms with Crippen molar-refractivity contribution in [1.29, 1.82) is 0 Å². The molecule has 15 heavy (non-hydrogen) atoms. The van der Waals surface area contributed by atoms with Crippen LogP contribution in [0.4, 0.5) is 4.39 Å². The van der Waals surface area contributed by atoms with Crippen molar-refractivity contribution in [3.05, 3.63) is 34.6 Å². The van der Waals surface area contributed by atoms with Gasteiger partial charge in [0.25, 0.3) is 0 Å². The van der Waals surface area contributed by atoms with Crippen LogP contribution in [0.1, 0.15) is 24.8 Å². The molecule has 0 N–H and O–H groups in total. The lowest BCUT2D eigenvalue weighted by Crippen LogP contribution is -2.03. The van der Waals surface area contributed by atoms with Gasteiger partial charge in [-0.25, -0.2) is 4.39 Å². The molecule has 3 heteroatoms. The molecule has 1 atom stereocenters. The summed E-state index contributed by atoms with van der Waals surface area (Å²) in [6.45, 7) is 0. The van der Waals surface area contributed by atoms with Gasteiger partial charge in [-0.05, 0) is 49.3 Å². The third-order valence-electron chi connectivity index (χ3n) is 2.84. The molecule has 0 bridgehead atoms. The van der Waals surface area contributed by atoms with Gasteiger partial charge in [0.2, 0.25) is 0 Å². The Morgan fingerprint density at radius 3 is 2.80 bits per heavy atom. The Balaban J connectivity index is 1.92. The van der Waals surface area contributed by atoms with E-state index in [0.29, 0.717) is 9.85 Å². The minimum atomic E-state index is -0.182. The summed E-state index contributed by atoms with van der Waals surface area (Å²) in [6.07, 6.45) is 4.43. The number of alkyl halides is 1. The van der Waals surface area contributed by atoms with Gasteiger partial charge in [-0.3, -0.25) is 0 Å². The first-order valence-corrected chi connectivity index (χ1v) is 6.54. The number of rotatable bonds is 4. The summed E-state index contributed by atoms with van der Waals surface area (Å²) in [5, 5.41) is 0.467. The van der Waals surface area contributed by atoms with E-state index in [2.05, 4.69) is 15.9 Å². The molecule has 0 nitrogen and oxygen atoms in total. The van der Waals surface area contributed by atoms with Crippen molar-refractivity contribution in [3.8, 4) is 0 Å². The molecule has 0 aromatic heterocycles. The first-order chi connectivity index (χ1) is 7.16. The molecule has 2 rings (SSSR count). The Labute approximate surface area is 103 Å². The zero-order chi connectivity index (χ0) is 10.8. The molecule has 1 aromatic rings. The average molecular weight is 292 g/mol. The van der Waals surface area contributed by atoms with Gasteiger partial charge in [0, 0.05) is 9.85 Å². The van der Waals surface area contributed by atoms with Crippen molar-refractivity contribution >= 4 is 27.5 Å². The normalized spacial score (nSPS) is 17.8. The third-order valence-corrected chi connectivity index (χ3v) is 4.28. The van der Waals surface area contributed by atoms with Crippen LogP contribution >= 0.6 is 27.5 Å². The van der Waals surface area contributed by atoms with E-state index in [1.165, 1.54) is 18.9 Å². The number of hydrogen-bond acceptors (Lipinski definition) is 0. The predicted octanol–water partition coefficient (Wildman–Crippen LogP) is 4.59. The molecule has 1 aromatic carbocycles. The van der Waals surface area contributed by atoms with Crippen LogP contribution in [0, 0.1) is 11.7 Å². The van der Waals surface area contributed by atoms with E-state index in [1.807, 2.05) is 0 Å². The van der Waals surface area contributed by atoms with E-state index < -0.39 is 0 Å². The van der Waals surface area contributed by atoms with Gasteiger partial charge in [-0.1, -0.05) is 33.6 Å². The summed E-state index contributed by atoms with van der Waals surface area (Å²) in [5.41, 5.74) is 0.768. The van der Waals surface area contributed by atoms with Crippen molar-refractivity contribution in [1.82, 2.24) is 0 Å². The number of aryl methyl sites for hydroxylation is 1. The van der Waals surface area contributed by atoms with Crippen LogP contribution < -0.4 is 0 Å². The van der Waals surface area contributed by atoms with Gasteiger partial charge in [0.15, 0.2) is 0 Å². The van der Waals surface area contributed by atoms with Crippen LogP contribution in [-0.4, -0.2) is 4.83 Å². The first kappa shape index (κ1) is 11.4. The molecule has 1 unspecified atom stereocenters. The fraction of sp³-hybridized carbons (Fsp3) is 0.500. The topological polar surface area (TPSA) is 0 Å². The van der Waals surface area contributed by atoms with E-state index in [4.69, 9.17) is 11.6 Å². The molecule has 82 valence electrons. The molecule has 1 aliphatic carbocycles. The van der Waals surface area contributed by atoms with Crippen molar-refractivity contribution in [2.45, 2.75) is 30.5 Å². The molecule has 0 heterocycles. The Morgan fingerprint density at radius 2 is 2.20 bits per heavy atom. The second-order valence-electron chi connectivity index (χ2n) is 4.13. The number of benzene rings is 1. The molecule has 0 spiro atoms. The fourth-order valence-corrected chi connectivity index (χ4v) is 2.63. The number of halogens is 3. The third kappa shape index (κ3) is 3.18. The summed E-state index contributed by atoms with van der Waals surface area (Å²) < 4.78 is 13.4. The molecule has 1 fully saturated rings. The number of hydrogen-bond donors (Lipinski definition) is 0. The largest absolute Gasteiger partial charge is 0.207 e. The van der Waals surface area contributed by atoms with Crippen molar-refractivity contribution in [2.75, 3.05) is 0 Å². The SMILES string of the molecule is Fc1cc(Cl)ccc1CCC(Br)C1CC1. The van der Waals surface area contributed by atoms with E-state index in [0.717, 1.165) is 24.3 Å². The van der Waals surface area contributed by atoms with Crippen LogP contribution in [0.25, 0.3) is 0 Å². The Hall–Kier alpha value is -0.0800. The van der Waals surface area contributed by atoms with Crippen LogP contribution in [0.3, 0.4) is 0 Å². The van der Waals surface area contributed by atoms with Crippen LogP contribution in [0.5, 0.6) is 0 Å². The Kier molecular flexibility index (Phi) is 3.68. The van der Waals surface area contributed by atoms with Crippen molar-refractivity contribution < 1.29 is 4.39 Å². The molecule has 0 saturated heterocycles. The molecular formula is C12H13BrClF. The minimum absolute atomic E-state index is 0.182. The lowest BCUT2D eigenvalue weighted by Gasteiger charge is -2.08. The van der Waals surface area contributed by atoms with Crippen molar-refractivity contribution in [2.24, 2.45) is 5.92 Å². The molecule has 0 amide bonds. The maximum absolute atomic E-state index is 13.4. The Bertz CT molecular complexity index is 349. The summed E-state index contributed by atoms with van der Waals surface area (Å²) in [6, 6.07) is 4.92. The lowest BCUT2D eigenvalue weighted by atomic mass is 10.1. The highest BCUT2D eigenvalue weighted by molar-refractivity contribution is 9.09. The molecular weight excluding hydrogens is 278 g/mol. The van der Waals surface area contributed by atoms with E-state index in [9.17, 15) is 4.39 Å². The van der Waals surface area contributed by atoms with Gasteiger partial charge >= 0.3 is 0 Å². The van der Waals surface area contributed by atoms with Gasteiger partial charge < -0.3 is 0 Å². The van der Waals surface area contributed by atoms with E-state index in [-0.39, 0.29) is 5.82 Å². The summed E-state index contributed by atoms with van der Waals surface area (Å²) in [5.74, 6) is 0.637. The second kappa shape index (κ2) is 4.84. The monoisotopic (exact) mass is 290 g/mol. The van der Waals surface area contributed by atoms with Gasteiger partial charge in [-0.15, -0.1) is 0 Å². The lowest BCUT2D eigenvalue weighted by molar-refractivity contribution is 0.597. The highest BCUT2D eigenvalue weighted by Gasteiger charge is 2.28. The maximum Gasteiger partial charge on any atom is 0.127 e. The molecule has 1 aliphatic rings. The van der Waals surface area contributed by atoms with Gasteiger partial charge in [0.05, 0.1) is 0 Å². The summed E-state index contributed by atoms with van der Waals surface area (Å²) >= 11 is 9.34. The fourth-order valence-electron chi connectivity index (χ4n) is 1.71. The highest BCUT2D eigenvalue weighted by Crippen LogP contribution is 2.38. The van der Waals surface area contributed by atoms with Crippen molar-refractivity contribution in [3.63, 3.8) is 0 Å². The highest BCUT2D eigenvalue weighted by atomic mass is 79.9. The average Bonchev–Trinajstić information content (AvgIpc) is 2.99. The van der Waals surface area contributed by atoms with E-state index >= 15 is 0 Å².